The van der Waals surface area contributed by atoms with Gasteiger partial charge in [-0.3, -0.25) is 4.79 Å². The Morgan fingerprint density at radius 3 is 2.45 bits per heavy atom. The van der Waals surface area contributed by atoms with Gasteiger partial charge in [0.25, 0.3) is 0 Å². The first-order valence-corrected chi connectivity index (χ1v) is 9.50. The molecule has 0 radical (unpaired) electrons. The zero-order chi connectivity index (χ0) is 21.3. The predicted molar refractivity (Wildman–Crippen MR) is 115 cm³/mol. The topological polar surface area (TPSA) is 30.7 Å². The molecule has 0 aliphatic heterocycles. The van der Waals surface area contributed by atoms with E-state index < -0.39 is 17.5 Å². The highest BCUT2D eigenvalue weighted by Gasteiger charge is 2.30. The Hall–Kier alpha value is -3.03. The van der Waals surface area contributed by atoms with Crippen LogP contribution in [0.1, 0.15) is 44.9 Å². The fourth-order valence-electron chi connectivity index (χ4n) is 3.64. The van der Waals surface area contributed by atoms with Crippen molar-refractivity contribution < 1.29 is 13.9 Å². The number of hydrogen-bond donors (Lipinski definition) is 0. The van der Waals surface area contributed by atoms with Crippen molar-refractivity contribution in [2.24, 2.45) is 0 Å². The van der Waals surface area contributed by atoms with Crippen LogP contribution in [-0.2, 0) is 9.53 Å². The monoisotopic (exact) mass is 389 g/mol. The largest absolute Gasteiger partial charge is 0.360 e. The van der Waals surface area contributed by atoms with E-state index in [2.05, 4.69) is 4.85 Å². The molecule has 0 amide bonds. The molecular weight excluding hydrogens is 365 g/mol. The lowest BCUT2D eigenvalue weighted by molar-refractivity contribution is -0.138. The van der Waals surface area contributed by atoms with E-state index in [0.29, 0.717) is 5.56 Å². The Labute approximate surface area is 170 Å². The third-order valence-electron chi connectivity index (χ3n) is 4.75. The van der Waals surface area contributed by atoms with Crippen molar-refractivity contribution >= 4 is 22.2 Å². The summed E-state index contributed by atoms with van der Waals surface area (Å²) in [7, 11) is 0. The molecule has 0 aromatic heterocycles. The molecule has 0 aliphatic rings. The second-order valence-electron chi connectivity index (χ2n) is 8.20. The number of ether oxygens (including phenoxy) is 1. The molecule has 0 aliphatic carbocycles. The van der Waals surface area contributed by atoms with Gasteiger partial charge in [0.1, 0.15) is 11.9 Å². The van der Waals surface area contributed by atoms with Gasteiger partial charge < -0.3 is 4.74 Å². The maximum absolute atomic E-state index is 13.8. The van der Waals surface area contributed by atoms with Gasteiger partial charge in [0.05, 0.1) is 12.2 Å². The number of halogens is 1. The summed E-state index contributed by atoms with van der Waals surface area (Å²) in [5.74, 6) is -0.585. The summed E-state index contributed by atoms with van der Waals surface area (Å²) >= 11 is 0. The van der Waals surface area contributed by atoms with Crippen molar-refractivity contribution in [2.75, 3.05) is 0 Å². The van der Waals surface area contributed by atoms with Gasteiger partial charge >= 0.3 is 0 Å². The molecule has 4 heteroatoms. The fraction of sp³-hybridized carbons (Fsp3) is 0.280. The molecule has 0 saturated heterocycles. The first-order valence-electron chi connectivity index (χ1n) is 9.50. The molecule has 0 saturated carbocycles. The summed E-state index contributed by atoms with van der Waals surface area (Å²) in [5, 5.41) is 1.88. The first kappa shape index (κ1) is 20.7. The van der Waals surface area contributed by atoms with E-state index in [1.807, 2.05) is 58.0 Å². The second-order valence-corrected chi connectivity index (χ2v) is 8.20. The lowest BCUT2D eigenvalue weighted by atomic mass is 9.85. The van der Waals surface area contributed by atoms with Crippen LogP contribution in [0, 0.1) is 19.3 Å². The summed E-state index contributed by atoms with van der Waals surface area (Å²) in [6.45, 7) is 16.7. The lowest BCUT2D eigenvalue weighted by Gasteiger charge is -2.30. The minimum atomic E-state index is -0.793. The third-order valence-corrected chi connectivity index (χ3v) is 4.75. The van der Waals surface area contributed by atoms with E-state index >= 15 is 0 Å². The van der Waals surface area contributed by atoms with Crippen LogP contribution in [0.5, 0.6) is 0 Å². The van der Waals surface area contributed by atoms with Crippen LogP contribution in [0.2, 0.25) is 0 Å². The Morgan fingerprint density at radius 2 is 1.83 bits per heavy atom. The number of aryl methyl sites for hydroxylation is 1. The van der Waals surface area contributed by atoms with Crippen molar-refractivity contribution in [1.29, 1.82) is 0 Å². The summed E-state index contributed by atoms with van der Waals surface area (Å²) in [6, 6.07) is 14.0. The standard InChI is InChI=1S/C25H24FNO2/c1-15-13-17-9-7-8-10-19(17)23(20-12-11-18(26)14-21(20)27-6)22(15)24(16(2)28)29-25(3,4)5/h7-14,24H,1-5H3/t24-/m1/s1. The number of carbonyl (C=O) groups is 1. The Balaban J connectivity index is 2.46. The summed E-state index contributed by atoms with van der Waals surface area (Å²) in [4.78, 5) is 16.2. The van der Waals surface area contributed by atoms with Crippen LogP contribution in [0.4, 0.5) is 10.1 Å². The minimum absolute atomic E-state index is 0.119. The zero-order valence-electron chi connectivity index (χ0n) is 17.3. The first-order chi connectivity index (χ1) is 13.6. The number of ketones is 1. The highest BCUT2D eigenvalue weighted by atomic mass is 19.1. The summed E-state index contributed by atoms with van der Waals surface area (Å²) in [5.41, 5.74) is 2.62. The van der Waals surface area contributed by atoms with Gasteiger partial charge in [-0.05, 0) is 79.8 Å². The Kier molecular flexibility index (Phi) is 5.55. The van der Waals surface area contributed by atoms with Gasteiger partial charge in [-0.25, -0.2) is 9.24 Å². The van der Waals surface area contributed by atoms with Crippen molar-refractivity contribution in [3.8, 4) is 11.1 Å². The Morgan fingerprint density at radius 1 is 1.14 bits per heavy atom. The molecule has 0 N–H and O–H groups in total. The average Bonchev–Trinajstić information content (AvgIpc) is 2.64. The number of hydrogen-bond acceptors (Lipinski definition) is 2. The van der Waals surface area contributed by atoms with Gasteiger partial charge in [-0.1, -0.05) is 36.4 Å². The molecule has 0 heterocycles. The number of nitrogens with zero attached hydrogens (tertiary/aromatic N) is 1. The normalized spacial score (nSPS) is 12.6. The zero-order valence-corrected chi connectivity index (χ0v) is 17.3. The van der Waals surface area contributed by atoms with E-state index in [9.17, 15) is 9.18 Å². The second kappa shape index (κ2) is 7.77. The van der Waals surface area contributed by atoms with E-state index in [4.69, 9.17) is 11.3 Å². The number of carbonyl (C=O) groups excluding carboxylic acids is 1. The van der Waals surface area contributed by atoms with Crippen molar-refractivity contribution in [2.45, 2.75) is 46.3 Å². The van der Waals surface area contributed by atoms with E-state index in [0.717, 1.165) is 27.5 Å². The molecule has 0 fully saturated rings. The average molecular weight is 389 g/mol. The van der Waals surface area contributed by atoms with Crippen molar-refractivity contribution in [3.63, 3.8) is 0 Å². The highest BCUT2D eigenvalue weighted by Crippen LogP contribution is 2.43. The van der Waals surface area contributed by atoms with Gasteiger partial charge in [0.15, 0.2) is 11.5 Å². The molecule has 3 aromatic carbocycles. The predicted octanol–water partition coefficient (Wildman–Crippen LogP) is 6.95. The summed E-state index contributed by atoms with van der Waals surface area (Å²) in [6.07, 6.45) is -0.793. The van der Waals surface area contributed by atoms with Gasteiger partial charge in [0, 0.05) is 0 Å². The minimum Gasteiger partial charge on any atom is -0.360 e. The van der Waals surface area contributed by atoms with Gasteiger partial charge in [-0.2, -0.15) is 0 Å². The number of benzene rings is 3. The molecule has 29 heavy (non-hydrogen) atoms. The van der Waals surface area contributed by atoms with Gasteiger partial charge in [-0.15, -0.1) is 0 Å². The number of fused-ring (bicyclic) bond motifs is 1. The molecule has 0 spiro atoms. The maximum atomic E-state index is 13.8. The molecule has 148 valence electrons. The fourth-order valence-corrected chi connectivity index (χ4v) is 3.64. The lowest BCUT2D eigenvalue weighted by Crippen LogP contribution is -2.27. The van der Waals surface area contributed by atoms with E-state index in [1.54, 1.807) is 6.07 Å². The van der Waals surface area contributed by atoms with E-state index in [1.165, 1.54) is 19.1 Å². The molecule has 0 unspecified atom stereocenters. The quantitative estimate of drug-likeness (QED) is 0.452. The molecule has 3 aromatic rings. The highest BCUT2D eigenvalue weighted by molar-refractivity contribution is 6.03. The molecule has 1 atom stereocenters. The van der Waals surface area contributed by atoms with Crippen molar-refractivity contribution in [3.05, 3.63) is 76.9 Å². The van der Waals surface area contributed by atoms with Crippen LogP contribution < -0.4 is 0 Å². The molecular formula is C25H24FNO2. The molecule has 3 nitrogen and oxygen atoms in total. The smallest absolute Gasteiger partial charge is 0.197 e. The third kappa shape index (κ3) is 4.21. The van der Waals surface area contributed by atoms with Crippen LogP contribution in [0.25, 0.3) is 26.7 Å². The van der Waals surface area contributed by atoms with Crippen LogP contribution in [-0.4, -0.2) is 11.4 Å². The van der Waals surface area contributed by atoms with Crippen LogP contribution in [0.3, 0.4) is 0 Å². The Bertz CT molecular complexity index is 1140. The van der Waals surface area contributed by atoms with Crippen LogP contribution in [0.15, 0.2) is 48.5 Å². The number of rotatable bonds is 4. The maximum Gasteiger partial charge on any atom is 0.197 e. The van der Waals surface area contributed by atoms with E-state index in [-0.39, 0.29) is 11.5 Å². The van der Waals surface area contributed by atoms with Gasteiger partial charge in [0.2, 0.25) is 0 Å². The SMILES string of the molecule is [C-]#[N+]c1cc(F)ccc1-c1c([C@H](OC(C)(C)C)C(C)=O)c(C)cc2ccccc12. The van der Waals surface area contributed by atoms with Crippen molar-refractivity contribution in [1.82, 2.24) is 0 Å². The summed E-state index contributed by atoms with van der Waals surface area (Å²) < 4.78 is 20.0. The molecule has 3 rings (SSSR count). The molecule has 0 bridgehead atoms. The van der Waals surface area contributed by atoms with Crippen LogP contribution >= 0.6 is 0 Å². The number of Topliss-reactive ketones (excluding diaryl/α,β-unsaturated/α-hetero) is 1.